The summed E-state index contributed by atoms with van der Waals surface area (Å²) < 4.78 is 11.3. The van der Waals surface area contributed by atoms with Gasteiger partial charge in [0.2, 0.25) is 0 Å². The molecule has 2 N–H and O–H groups in total. The molecule has 0 atom stereocenters. The topological polar surface area (TPSA) is 44.5 Å². The summed E-state index contributed by atoms with van der Waals surface area (Å²) in [4.78, 5) is 0. The molecule has 2 fully saturated rings. The van der Waals surface area contributed by atoms with Crippen molar-refractivity contribution in [3.05, 3.63) is 11.1 Å². The Morgan fingerprint density at radius 1 is 1.47 bits per heavy atom. The van der Waals surface area contributed by atoms with Crippen LogP contribution in [0.4, 0.5) is 0 Å². The molecule has 0 aromatic rings. The first-order chi connectivity index (χ1) is 8.29. The van der Waals surface area contributed by atoms with Crippen molar-refractivity contribution in [2.45, 2.75) is 50.5 Å². The normalized spacial score (nSPS) is 25.8. The maximum Gasteiger partial charge on any atom is 0.0719 e. The minimum atomic E-state index is 0.204. The molecule has 17 heavy (non-hydrogen) atoms. The van der Waals surface area contributed by atoms with Crippen molar-refractivity contribution in [2.75, 3.05) is 26.9 Å². The fourth-order valence-corrected chi connectivity index (χ4v) is 2.95. The summed E-state index contributed by atoms with van der Waals surface area (Å²) in [7, 11) is 1.78. The molecule has 1 saturated carbocycles. The van der Waals surface area contributed by atoms with E-state index in [4.69, 9.17) is 15.2 Å². The van der Waals surface area contributed by atoms with E-state index in [1.807, 2.05) is 0 Å². The molecule has 2 rings (SSSR count). The predicted octanol–water partition coefficient (Wildman–Crippen LogP) is 2.40. The molecule has 0 radical (unpaired) electrons. The van der Waals surface area contributed by atoms with Gasteiger partial charge in [-0.2, -0.15) is 0 Å². The number of nitrogens with two attached hydrogens (primary N) is 1. The maximum atomic E-state index is 5.96. The fraction of sp³-hybridized carbons (Fsp3) is 0.857. The second-order valence-corrected chi connectivity index (χ2v) is 5.34. The van der Waals surface area contributed by atoms with Gasteiger partial charge in [-0.15, -0.1) is 0 Å². The lowest BCUT2D eigenvalue weighted by atomic mass is 9.73. The second-order valence-electron chi connectivity index (χ2n) is 5.34. The summed E-state index contributed by atoms with van der Waals surface area (Å²) in [5, 5.41) is 0. The molecule has 0 bridgehead atoms. The molecule has 0 unspecified atom stereocenters. The monoisotopic (exact) mass is 239 g/mol. The molecule has 0 amide bonds. The lowest BCUT2D eigenvalue weighted by Gasteiger charge is -2.46. The summed E-state index contributed by atoms with van der Waals surface area (Å²) in [6.45, 7) is 2.43. The smallest absolute Gasteiger partial charge is 0.0719 e. The van der Waals surface area contributed by atoms with Crippen LogP contribution in [0.25, 0.3) is 0 Å². The fourth-order valence-electron chi connectivity index (χ4n) is 2.95. The maximum absolute atomic E-state index is 5.96. The Morgan fingerprint density at radius 3 is 2.88 bits per heavy atom. The van der Waals surface area contributed by atoms with Gasteiger partial charge in [-0.25, -0.2) is 0 Å². The van der Waals surface area contributed by atoms with Crippen LogP contribution in [0.5, 0.6) is 0 Å². The molecular formula is C14H25NO2. The van der Waals surface area contributed by atoms with E-state index < -0.39 is 0 Å². The van der Waals surface area contributed by atoms with Gasteiger partial charge in [0.15, 0.2) is 0 Å². The van der Waals surface area contributed by atoms with Gasteiger partial charge in [0.1, 0.15) is 0 Å². The van der Waals surface area contributed by atoms with Crippen LogP contribution in [0.1, 0.15) is 44.9 Å². The third-order valence-corrected chi connectivity index (χ3v) is 4.11. The van der Waals surface area contributed by atoms with Crippen molar-refractivity contribution in [2.24, 2.45) is 5.73 Å². The zero-order valence-electron chi connectivity index (χ0n) is 11.0. The van der Waals surface area contributed by atoms with Crippen LogP contribution in [0, 0.1) is 0 Å². The first-order valence-electron chi connectivity index (χ1n) is 6.82. The largest absolute Gasteiger partial charge is 0.380 e. The highest BCUT2D eigenvalue weighted by Crippen LogP contribution is 2.45. The highest BCUT2D eigenvalue weighted by molar-refractivity contribution is 5.20. The van der Waals surface area contributed by atoms with Crippen molar-refractivity contribution in [1.82, 2.24) is 0 Å². The van der Waals surface area contributed by atoms with Gasteiger partial charge >= 0.3 is 0 Å². The molecule has 1 saturated heterocycles. The molecule has 1 aliphatic heterocycles. The van der Waals surface area contributed by atoms with E-state index in [0.717, 1.165) is 45.4 Å². The number of hydrogen-bond donors (Lipinski definition) is 1. The van der Waals surface area contributed by atoms with Gasteiger partial charge in [-0.1, -0.05) is 5.57 Å². The van der Waals surface area contributed by atoms with Crippen LogP contribution in [0.15, 0.2) is 11.1 Å². The molecule has 0 aromatic heterocycles. The molecule has 3 heteroatoms. The Bertz CT molecular complexity index is 282. The molecular weight excluding hydrogens is 214 g/mol. The van der Waals surface area contributed by atoms with E-state index >= 15 is 0 Å². The summed E-state index contributed by atoms with van der Waals surface area (Å²) in [6, 6.07) is 0. The van der Waals surface area contributed by atoms with E-state index in [1.165, 1.54) is 24.8 Å². The second kappa shape index (κ2) is 5.98. The van der Waals surface area contributed by atoms with Crippen molar-refractivity contribution in [3.8, 4) is 0 Å². The lowest BCUT2D eigenvalue weighted by Crippen LogP contribution is -2.43. The first kappa shape index (κ1) is 13.1. The van der Waals surface area contributed by atoms with Crippen molar-refractivity contribution in [3.63, 3.8) is 0 Å². The Kier molecular flexibility index (Phi) is 4.60. The summed E-state index contributed by atoms with van der Waals surface area (Å²) in [6.07, 6.45) is 8.20. The number of methoxy groups -OCH3 is 1. The van der Waals surface area contributed by atoms with E-state index in [9.17, 15) is 0 Å². The SMILES string of the molecule is COCC(CCCN)=C1CCOC2(CCC2)C1. The van der Waals surface area contributed by atoms with Crippen LogP contribution in [-0.2, 0) is 9.47 Å². The van der Waals surface area contributed by atoms with Crippen LogP contribution in [0.3, 0.4) is 0 Å². The van der Waals surface area contributed by atoms with Crippen LogP contribution in [-0.4, -0.2) is 32.5 Å². The van der Waals surface area contributed by atoms with Gasteiger partial charge in [-0.05, 0) is 57.1 Å². The summed E-state index contributed by atoms with van der Waals surface area (Å²) in [5.74, 6) is 0. The lowest BCUT2D eigenvalue weighted by molar-refractivity contribution is -0.113. The van der Waals surface area contributed by atoms with E-state index in [-0.39, 0.29) is 5.60 Å². The van der Waals surface area contributed by atoms with Crippen molar-refractivity contribution < 1.29 is 9.47 Å². The Balaban J connectivity index is 2.03. The molecule has 3 nitrogen and oxygen atoms in total. The van der Waals surface area contributed by atoms with Crippen LogP contribution < -0.4 is 5.73 Å². The van der Waals surface area contributed by atoms with Crippen molar-refractivity contribution >= 4 is 0 Å². The van der Waals surface area contributed by atoms with E-state index in [0.29, 0.717) is 0 Å². The average molecular weight is 239 g/mol. The molecule has 98 valence electrons. The Labute approximate surface area is 104 Å². The molecule has 2 aliphatic rings. The van der Waals surface area contributed by atoms with Gasteiger partial charge in [0, 0.05) is 7.11 Å². The number of rotatable bonds is 5. The van der Waals surface area contributed by atoms with Gasteiger partial charge in [-0.3, -0.25) is 0 Å². The van der Waals surface area contributed by atoms with Crippen molar-refractivity contribution in [1.29, 1.82) is 0 Å². The minimum absolute atomic E-state index is 0.204. The third kappa shape index (κ3) is 3.09. The summed E-state index contributed by atoms with van der Waals surface area (Å²) in [5.41, 5.74) is 8.88. The van der Waals surface area contributed by atoms with Gasteiger partial charge in [0.05, 0.1) is 18.8 Å². The van der Waals surface area contributed by atoms with Gasteiger partial charge in [0.25, 0.3) is 0 Å². The highest BCUT2D eigenvalue weighted by atomic mass is 16.5. The third-order valence-electron chi connectivity index (χ3n) is 4.11. The molecule has 1 heterocycles. The zero-order valence-corrected chi connectivity index (χ0v) is 11.0. The van der Waals surface area contributed by atoms with E-state index in [2.05, 4.69) is 0 Å². The number of ether oxygens (including phenoxy) is 2. The average Bonchev–Trinajstić information content (AvgIpc) is 2.33. The molecule has 1 spiro atoms. The number of hydrogen-bond acceptors (Lipinski definition) is 3. The van der Waals surface area contributed by atoms with Crippen LogP contribution in [0.2, 0.25) is 0 Å². The van der Waals surface area contributed by atoms with Gasteiger partial charge < -0.3 is 15.2 Å². The Hall–Kier alpha value is -0.380. The summed E-state index contributed by atoms with van der Waals surface area (Å²) >= 11 is 0. The van der Waals surface area contributed by atoms with Crippen LogP contribution >= 0.6 is 0 Å². The minimum Gasteiger partial charge on any atom is -0.380 e. The standard InChI is InChI=1S/C14H25NO2/c1-16-11-13(4-2-8-15)12-5-9-17-14(10-12)6-3-7-14/h2-11,15H2,1H3. The zero-order chi connectivity index (χ0) is 12.1. The highest BCUT2D eigenvalue weighted by Gasteiger charge is 2.41. The molecule has 1 aliphatic carbocycles. The van der Waals surface area contributed by atoms with E-state index in [1.54, 1.807) is 12.7 Å². The predicted molar refractivity (Wildman–Crippen MR) is 69.0 cm³/mol. The first-order valence-corrected chi connectivity index (χ1v) is 6.82. The Morgan fingerprint density at radius 2 is 2.29 bits per heavy atom. The molecule has 0 aromatic carbocycles. The quantitative estimate of drug-likeness (QED) is 0.749.